The van der Waals surface area contributed by atoms with Crippen LogP contribution in [-0.4, -0.2) is 0 Å². The number of hydrogen-bond acceptors (Lipinski definition) is 0. The molecule has 0 heteroatoms. The van der Waals surface area contributed by atoms with Gasteiger partial charge in [-0.25, -0.2) is 0 Å². The molecule has 0 aromatic carbocycles. The van der Waals surface area contributed by atoms with Crippen molar-refractivity contribution in [3.63, 3.8) is 0 Å². The maximum atomic E-state index is 2.40. The number of hydrogen-bond donors (Lipinski definition) is 0. The summed E-state index contributed by atoms with van der Waals surface area (Å²) in [4.78, 5) is 0. The first-order chi connectivity index (χ1) is 5.75. The molecule has 0 amide bonds. The van der Waals surface area contributed by atoms with Gasteiger partial charge in [0.15, 0.2) is 0 Å². The fourth-order valence-corrected chi connectivity index (χ4v) is 2.83. The monoisotopic (exact) mass is 184 g/mol. The zero-order valence-electron chi connectivity index (χ0n) is 8.97. The summed E-state index contributed by atoms with van der Waals surface area (Å²) < 4.78 is 0. The minimum Gasteiger partial charge on any atom is -0.0776 e. The molecule has 0 N–H and O–H groups in total. The molecule has 13 heavy (non-hydrogen) atoms. The van der Waals surface area contributed by atoms with E-state index in [0.29, 0.717) is 0 Å². The van der Waals surface area contributed by atoms with Crippen LogP contribution in [0.2, 0.25) is 0 Å². The van der Waals surface area contributed by atoms with Crippen molar-refractivity contribution in [1.29, 1.82) is 0 Å². The highest BCUT2D eigenvalue weighted by atomic mass is 14.3. The third-order valence-electron chi connectivity index (χ3n) is 3.48. The summed E-state index contributed by atoms with van der Waals surface area (Å²) in [7, 11) is 0. The molecule has 1 aliphatic carbocycles. The van der Waals surface area contributed by atoms with E-state index in [9.17, 15) is 0 Å². The predicted molar refractivity (Wildman–Crippen MR) is 61.9 cm³/mol. The maximum Gasteiger partial charge on any atom is -0.0363 e. The molecular weight excluding hydrogens is 156 g/mol. The Morgan fingerprint density at radius 3 is 2.08 bits per heavy atom. The third-order valence-corrected chi connectivity index (χ3v) is 3.48. The molecule has 0 aliphatic heterocycles. The highest BCUT2D eigenvalue weighted by Crippen LogP contribution is 2.37. The predicted octanol–water partition coefficient (Wildman–Crippen LogP) is 4.89. The summed E-state index contributed by atoms with van der Waals surface area (Å²) in [6.07, 6.45) is 8.86. The van der Waals surface area contributed by atoms with Gasteiger partial charge < -0.3 is 0 Å². The smallest absolute Gasteiger partial charge is 0.0363 e. The fourth-order valence-electron chi connectivity index (χ4n) is 2.83. The molecule has 0 aromatic rings. The van der Waals surface area contributed by atoms with Crippen molar-refractivity contribution >= 4 is 0 Å². The Bertz CT molecular complexity index is 109. The van der Waals surface area contributed by atoms with Gasteiger partial charge in [-0.15, -0.1) is 0 Å². The van der Waals surface area contributed by atoms with Gasteiger partial charge in [0.1, 0.15) is 0 Å². The van der Waals surface area contributed by atoms with E-state index in [1.54, 1.807) is 0 Å². The van der Waals surface area contributed by atoms with Crippen molar-refractivity contribution in [2.24, 2.45) is 17.8 Å². The Kier molecular flexibility index (Phi) is 6.45. The zero-order valence-corrected chi connectivity index (χ0v) is 8.97. The van der Waals surface area contributed by atoms with Gasteiger partial charge in [-0.3, -0.25) is 0 Å². The SMILES string of the molecule is C.CCC[C@@H](C(C)C)C1CCCC1. The summed E-state index contributed by atoms with van der Waals surface area (Å²) in [5, 5.41) is 0. The molecular formula is C13H28. The van der Waals surface area contributed by atoms with Gasteiger partial charge in [-0.2, -0.15) is 0 Å². The average Bonchev–Trinajstić information content (AvgIpc) is 2.51. The first kappa shape index (κ1) is 13.0. The minimum absolute atomic E-state index is 0. The van der Waals surface area contributed by atoms with E-state index < -0.39 is 0 Å². The molecule has 0 spiro atoms. The topological polar surface area (TPSA) is 0 Å². The second-order valence-electron chi connectivity index (χ2n) is 4.74. The summed E-state index contributed by atoms with van der Waals surface area (Å²) in [5.74, 6) is 3.01. The maximum absolute atomic E-state index is 2.40. The van der Waals surface area contributed by atoms with Crippen LogP contribution in [0.3, 0.4) is 0 Å². The van der Waals surface area contributed by atoms with Crippen LogP contribution in [0.1, 0.15) is 66.7 Å². The van der Waals surface area contributed by atoms with E-state index in [1.807, 2.05) is 0 Å². The van der Waals surface area contributed by atoms with E-state index >= 15 is 0 Å². The van der Waals surface area contributed by atoms with Crippen molar-refractivity contribution < 1.29 is 0 Å². The molecule has 0 heterocycles. The molecule has 0 unspecified atom stereocenters. The largest absolute Gasteiger partial charge is 0.0776 e. The van der Waals surface area contributed by atoms with Crippen molar-refractivity contribution in [2.45, 2.75) is 66.7 Å². The van der Waals surface area contributed by atoms with Crippen LogP contribution in [0.15, 0.2) is 0 Å². The third kappa shape index (κ3) is 3.70. The van der Waals surface area contributed by atoms with E-state index in [4.69, 9.17) is 0 Å². The molecule has 0 radical (unpaired) electrons. The minimum atomic E-state index is 0. The van der Waals surface area contributed by atoms with Crippen LogP contribution in [0, 0.1) is 17.8 Å². The summed E-state index contributed by atoms with van der Waals surface area (Å²) in [6.45, 7) is 7.13. The second-order valence-corrected chi connectivity index (χ2v) is 4.74. The lowest BCUT2D eigenvalue weighted by Gasteiger charge is -2.26. The average molecular weight is 184 g/mol. The molecule has 80 valence electrons. The Morgan fingerprint density at radius 1 is 1.15 bits per heavy atom. The van der Waals surface area contributed by atoms with Gasteiger partial charge in [0.2, 0.25) is 0 Å². The highest BCUT2D eigenvalue weighted by molar-refractivity contribution is 4.77. The zero-order chi connectivity index (χ0) is 8.97. The van der Waals surface area contributed by atoms with Gasteiger partial charge in [0.05, 0.1) is 0 Å². The Balaban J connectivity index is 0.00000144. The van der Waals surface area contributed by atoms with Crippen molar-refractivity contribution in [3.05, 3.63) is 0 Å². The Labute approximate surface area is 85.1 Å². The van der Waals surface area contributed by atoms with E-state index in [2.05, 4.69) is 20.8 Å². The van der Waals surface area contributed by atoms with Crippen LogP contribution in [0.5, 0.6) is 0 Å². The molecule has 0 bridgehead atoms. The molecule has 0 nitrogen and oxygen atoms in total. The van der Waals surface area contributed by atoms with Crippen LogP contribution < -0.4 is 0 Å². The summed E-state index contributed by atoms with van der Waals surface area (Å²) in [5.41, 5.74) is 0. The molecule has 1 aliphatic rings. The number of rotatable bonds is 4. The van der Waals surface area contributed by atoms with Crippen molar-refractivity contribution in [2.75, 3.05) is 0 Å². The lowest BCUT2D eigenvalue weighted by molar-refractivity contribution is 0.239. The molecule has 1 rings (SSSR count). The summed E-state index contributed by atoms with van der Waals surface area (Å²) in [6, 6.07) is 0. The van der Waals surface area contributed by atoms with Gasteiger partial charge in [0, 0.05) is 0 Å². The lowest BCUT2D eigenvalue weighted by atomic mass is 9.79. The molecule has 1 atom stereocenters. The summed E-state index contributed by atoms with van der Waals surface area (Å²) >= 11 is 0. The van der Waals surface area contributed by atoms with E-state index in [1.165, 1.54) is 38.5 Å². The molecule has 0 saturated heterocycles. The molecule has 1 saturated carbocycles. The van der Waals surface area contributed by atoms with Crippen molar-refractivity contribution in [3.8, 4) is 0 Å². The fraction of sp³-hybridized carbons (Fsp3) is 1.00. The Hall–Kier alpha value is 0. The standard InChI is InChI=1S/C12H24.CH4/c1-4-7-12(10(2)3)11-8-5-6-9-11;/h10-12H,4-9H2,1-3H3;1H4/t12-;/m0./s1. The van der Waals surface area contributed by atoms with Crippen LogP contribution >= 0.6 is 0 Å². The van der Waals surface area contributed by atoms with Gasteiger partial charge in [0.25, 0.3) is 0 Å². The van der Waals surface area contributed by atoms with E-state index in [-0.39, 0.29) is 7.43 Å². The Morgan fingerprint density at radius 2 is 1.69 bits per heavy atom. The van der Waals surface area contributed by atoms with Crippen LogP contribution in [0.4, 0.5) is 0 Å². The van der Waals surface area contributed by atoms with Crippen LogP contribution in [0.25, 0.3) is 0 Å². The first-order valence-corrected chi connectivity index (χ1v) is 5.75. The molecule has 1 fully saturated rings. The normalized spacial score (nSPS) is 20.3. The van der Waals surface area contributed by atoms with Crippen molar-refractivity contribution in [1.82, 2.24) is 0 Å². The van der Waals surface area contributed by atoms with Crippen LogP contribution in [-0.2, 0) is 0 Å². The first-order valence-electron chi connectivity index (χ1n) is 5.75. The highest BCUT2D eigenvalue weighted by Gasteiger charge is 2.26. The quantitative estimate of drug-likeness (QED) is 0.584. The second kappa shape index (κ2) is 6.45. The van der Waals surface area contributed by atoms with E-state index in [0.717, 1.165) is 17.8 Å². The van der Waals surface area contributed by atoms with Gasteiger partial charge in [-0.1, -0.05) is 66.7 Å². The van der Waals surface area contributed by atoms with Gasteiger partial charge in [-0.05, 0) is 17.8 Å². The van der Waals surface area contributed by atoms with Gasteiger partial charge >= 0.3 is 0 Å². The molecule has 0 aromatic heterocycles. The lowest BCUT2D eigenvalue weighted by Crippen LogP contribution is -2.17.